The summed E-state index contributed by atoms with van der Waals surface area (Å²) in [7, 11) is 0. The maximum atomic E-state index is 9.37. The Morgan fingerprint density at radius 2 is 1.92 bits per heavy atom. The molecule has 0 aliphatic rings. The fourth-order valence-corrected chi connectivity index (χ4v) is 0.729. The Hall–Kier alpha value is -0.590. The van der Waals surface area contributed by atoms with Crippen molar-refractivity contribution < 1.29 is 5.11 Å². The molecule has 0 heterocycles. The summed E-state index contributed by atoms with van der Waals surface area (Å²) >= 11 is 0. The van der Waals surface area contributed by atoms with Crippen molar-refractivity contribution in [1.29, 1.82) is 5.26 Å². The van der Waals surface area contributed by atoms with Gasteiger partial charge in [-0.25, -0.2) is 0 Å². The van der Waals surface area contributed by atoms with Crippen molar-refractivity contribution in [3.8, 4) is 6.07 Å². The van der Waals surface area contributed by atoms with Gasteiger partial charge in [0.05, 0.1) is 18.1 Å². The average Bonchev–Trinajstić information content (AvgIpc) is 2.03. The third-order valence-corrected chi connectivity index (χ3v) is 1.79. The van der Waals surface area contributed by atoms with E-state index in [9.17, 15) is 5.11 Å². The predicted octanol–water partition coefficient (Wildman–Crippen LogP) is 0.753. The fraction of sp³-hybridized carbons (Fsp3) is 0.889. The van der Waals surface area contributed by atoms with Crippen LogP contribution in [0, 0.1) is 23.2 Å². The highest BCUT2D eigenvalue weighted by Crippen LogP contribution is 1.99. The van der Waals surface area contributed by atoms with Gasteiger partial charge in [0, 0.05) is 13.1 Å². The number of aliphatic hydroxyl groups excluding tert-OH is 1. The molecule has 0 fully saturated rings. The van der Waals surface area contributed by atoms with Crippen LogP contribution < -0.4 is 5.32 Å². The zero-order valence-corrected chi connectivity index (χ0v) is 8.04. The van der Waals surface area contributed by atoms with Gasteiger partial charge in [-0.05, 0) is 12.8 Å². The van der Waals surface area contributed by atoms with Crippen LogP contribution in [-0.2, 0) is 0 Å². The van der Waals surface area contributed by atoms with Crippen LogP contribution in [0.4, 0.5) is 0 Å². The summed E-state index contributed by atoms with van der Waals surface area (Å²) in [5.74, 6) is 0.291. The molecule has 0 spiro atoms. The topological polar surface area (TPSA) is 56.0 Å². The number of nitrogens with zero attached hydrogens (tertiary/aromatic N) is 1. The second-order valence-corrected chi connectivity index (χ2v) is 3.50. The lowest BCUT2D eigenvalue weighted by Crippen LogP contribution is -2.32. The quantitative estimate of drug-likeness (QED) is 0.640. The van der Waals surface area contributed by atoms with Crippen molar-refractivity contribution in [3.05, 3.63) is 0 Å². The van der Waals surface area contributed by atoms with Crippen molar-refractivity contribution in [2.75, 3.05) is 13.1 Å². The molecule has 3 nitrogen and oxygen atoms in total. The molecule has 0 radical (unpaired) electrons. The van der Waals surface area contributed by atoms with Crippen LogP contribution in [0.5, 0.6) is 0 Å². The smallest absolute Gasteiger partial charge is 0.0687 e. The molecular formula is C9H18N2O. The summed E-state index contributed by atoms with van der Waals surface area (Å²) in [6.07, 6.45) is -0.309. The second kappa shape index (κ2) is 5.99. The molecule has 3 heteroatoms. The fourth-order valence-electron chi connectivity index (χ4n) is 0.729. The molecule has 70 valence electrons. The van der Waals surface area contributed by atoms with Gasteiger partial charge < -0.3 is 10.4 Å². The standard InChI is InChI=1S/C9H18N2O/c1-7(2)9(12)6-11-5-8(3)4-10/h7-9,11-12H,5-6H2,1-3H3. The number of rotatable bonds is 5. The Morgan fingerprint density at radius 3 is 2.33 bits per heavy atom. The van der Waals surface area contributed by atoms with Gasteiger partial charge in [-0.15, -0.1) is 0 Å². The van der Waals surface area contributed by atoms with Gasteiger partial charge in [0.1, 0.15) is 0 Å². The Bertz CT molecular complexity index is 151. The Morgan fingerprint density at radius 1 is 1.33 bits per heavy atom. The van der Waals surface area contributed by atoms with Gasteiger partial charge in [0.2, 0.25) is 0 Å². The largest absolute Gasteiger partial charge is 0.392 e. The van der Waals surface area contributed by atoms with E-state index in [2.05, 4.69) is 11.4 Å². The molecule has 0 aromatic carbocycles. The molecule has 0 aromatic rings. The van der Waals surface area contributed by atoms with E-state index < -0.39 is 0 Å². The average molecular weight is 170 g/mol. The molecule has 2 atom stereocenters. The maximum absolute atomic E-state index is 9.37. The summed E-state index contributed by atoms with van der Waals surface area (Å²) in [6, 6.07) is 2.12. The number of hydrogen-bond acceptors (Lipinski definition) is 3. The van der Waals surface area contributed by atoms with Crippen LogP contribution in [0.1, 0.15) is 20.8 Å². The molecule has 0 amide bonds. The third kappa shape index (κ3) is 5.11. The van der Waals surface area contributed by atoms with E-state index in [0.717, 1.165) is 0 Å². The highest BCUT2D eigenvalue weighted by atomic mass is 16.3. The lowest BCUT2D eigenvalue weighted by atomic mass is 10.1. The number of nitrogens with one attached hydrogen (secondary N) is 1. The molecule has 12 heavy (non-hydrogen) atoms. The molecule has 0 aromatic heterocycles. The van der Waals surface area contributed by atoms with Crippen molar-refractivity contribution in [2.45, 2.75) is 26.9 Å². The number of aliphatic hydroxyl groups is 1. The van der Waals surface area contributed by atoms with Crippen LogP contribution in [-0.4, -0.2) is 24.3 Å². The van der Waals surface area contributed by atoms with Crippen LogP contribution in [0.2, 0.25) is 0 Å². The SMILES string of the molecule is CC(C#N)CNCC(O)C(C)C. The summed E-state index contributed by atoms with van der Waals surface area (Å²) in [6.45, 7) is 7.03. The van der Waals surface area contributed by atoms with E-state index in [1.54, 1.807) is 0 Å². The molecule has 2 N–H and O–H groups in total. The first-order chi connectivity index (χ1) is 5.57. The van der Waals surface area contributed by atoms with E-state index >= 15 is 0 Å². The number of nitriles is 1. The predicted molar refractivity (Wildman–Crippen MR) is 48.5 cm³/mol. The highest BCUT2D eigenvalue weighted by Gasteiger charge is 2.08. The summed E-state index contributed by atoms with van der Waals surface area (Å²) < 4.78 is 0. The van der Waals surface area contributed by atoms with E-state index in [4.69, 9.17) is 5.26 Å². The monoisotopic (exact) mass is 170 g/mol. The molecule has 0 saturated carbocycles. The third-order valence-electron chi connectivity index (χ3n) is 1.79. The summed E-state index contributed by atoms with van der Waals surface area (Å²) in [5.41, 5.74) is 0. The van der Waals surface area contributed by atoms with Gasteiger partial charge in [0.15, 0.2) is 0 Å². The minimum absolute atomic E-state index is 0.0179. The molecule has 2 unspecified atom stereocenters. The van der Waals surface area contributed by atoms with Gasteiger partial charge in [-0.3, -0.25) is 0 Å². The van der Waals surface area contributed by atoms with Crippen molar-refractivity contribution in [3.63, 3.8) is 0 Å². The van der Waals surface area contributed by atoms with Crippen LogP contribution in [0.15, 0.2) is 0 Å². The van der Waals surface area contributed by atoms with Crippen molar-refractivity contribution in [2.24, 2.45) is 11.8 Å². The summed E-state index contributed by atoms with van der Waals surface area (Å²) in [4.78, 5) is 0. The van der Waals surface area contributed by atoms with E-state index in [0.29, 0.717) is 13.1 Å². The van der Waals surface area contributed by atoms with Crippen LogP contribution >= 0.6 is 0 Å². The van der Waals surface area contributed by atoms with Crippen molar-refractivity contribution in [1.82, 2.24) is 5.32 Å². The normalized spacial score (nSPS) is 15.7. The zero-order chi connectivity index (χ0) is 9.56. The molecule has 0 saturated heterocycles. The van der Waals surface area contributed by atoms with Crippen LogP contribution in [0.25, 0.3) is 0 Å². The second-order valence-electron chi connectivity index (χ2n) is 3.50. The number of hydrogen-bond donors (Lipinski definition) is 2. The molecule has 0 bridgehead atoms. The van der Waals surface area contributed by atoms with Gasteiger partial charge in [0.25, 0.3) is 0 Å². The lowest BCUT2D eigenvalue weighted by molar-refractivity contribution is 0.123. The molecule has 0 aliphatic carbocycles. The summed E-state index contributed by atoms with van der Waals surface area (Å²) in [5, 5.41) is 20.9. The molecule has 0 aliphatic heterocycles. The van der Waals surface area contributed by atoms with Crippen molar-refractivity contribution >= 4 is 0 Å². The highest BCUT2D eigenvalue weighted by molar-refractivity contribution is 4.80. The lowest BCUT2D eigenvalue weighted by Gasteiger charge is -2.15. The van der Waals surface area contributed by atoms with Gasteiger partial charge >= 0.3 is 0 Å². The minimum atomic E-state index is -0.309. The first-order valence-electron chi connectivity index (χ1n) is 4.36. The van der Waals surface area contributed by atoms with Gasteiger partial charge in [-0.2, -0.15) is 5.26 Å². The Balaban J connectivity index is 3.38. The minimum Gasteiger partial charge on any atom is -0.392 e. The Kier molecular flexibility index (Phi) is 5.69. The van der Waals surface area contributed by atoms with E-state index in [-0.39, 0.29) is 17.9 Å². The zero-order valence-electron chi connectivity index (χ0n) is 8.04. The Labute approximate surface area is 74.4 Å². The van der Waals surface area contributed by atoms with E-state index in [1.165, 1.54) is 0 Å². The molecule has 0 rings (SSSR count). The maximum Gasteiger partial charge on any atom is 0.0687 e. The first kappa shape index (κ1) is 11.4. The molecular weight excluding hydrogens is 152 g/mol. The first-order valence-corrected chi connectivity index (χ1v) is 4.36. The van der Waals surface area contributed by atoms with Gasteiger partial charge in [-0.1, -0.05) is 13.8 Å². The van der Waals surface area contributed by atoms with E-state index in [1.807, 2.05) is 20.8 Å². The van der Waals surface area contributed by atoms with Crippen LogP contribution in [0.3, 0.4) is 0 Å².